The Bertz CT molecular complexity index is 1400. The van der Waals surface area contributed by atoms with E-state index in [9.17, 15) is 4.79 Å². The number of nitrogens with one attached hydrogen (secondary N) is 1. The summed E-state index contributed by atoms with van der Waals surface area (Å²) in [6.07, 6.45) is 1.58. The van der Waals surface area contributed by atoms with E-state index in [1.54, 1.807) is 18.3 Å². The minimum atomic E-state index is -0.277. The molecule has 0 aliphatic heterocycles. The van der Waals surface area contributed by atoms with E-state index in [0.29, 0.717) is 10.6 Å². The molecule has 0 bridgehead atoms. The second-order valence-corrected chi connectivity index (χ2v) is 8.41. The lowest BCUT2D eigenvalue weighted by atomic mass is 10.1. The molecule has 170 valence electrons. The third-order valence-electron chi connectivity index (χ3n) is 5.66. The Morgan fingerprint density at radius 3 is 1.77 bits per heavy atom. The quantitative estimate of drug-likeness (QED) is 0.204. The van der Waals surface area contributed by atoms with Gasteiger partial charge in [-0.3, -0.25) is 4.79 Å². The number of nitrogens with zero attached hydrogens (tertiary/aromatic N) is 2. The average molecular weight is 476 g/mol. The zero-order chi connectivity index (χ0) is 24.0. The predicted octanol–water partition coefficient (Wildman–Crippen LogP) is 7.23. The van der Waals surface area contributed by atoms with E-state index in [0.717, 1.165) is 33.8 Å². The number of hydrogen-bond acceptors (Lipinski definition) is 2. The second-order valence-electron chi connectivity index (χ2n) is 7.97. The summed E-state index contributed by atoms with van der Waals surface area (Å²) in [6.45, 7) is 0. The molecule has 5 rings (SSSR count). The van der Waals surface area contributed by atoms with Crippen LogP contribution in [0.3, 0.4) is 0 Å². The van der Waals surface area contributed by atoms with Gasteiger partial charge in [0.2, 0.25) is 0 Å². The fourth-order valence-electron chi connectivity index (χ4n) is 3.92. The fourth-order valence-corrected chi connectivity index (χ4v) is 4.05. The van der Waals surface area contributed by atoms with Gasteiger partial charge in [0, 0.05) is 16.3 Å². The van der Waals surface area contributed by atoms with Crippen LogP contribution in [0, 0.1) is 0 Å². The highest BCUT2D eigenvalue weighted by Gasteiger charge is 2.14. The van der Waals surface area contributed by atoms with Gasteiger partial charge in [-0.05, 0) is 65.2 Å². The van der Waals surface area contributed by atoms with Gasteiger partial charge in [0.25, 0.3) is 5.91 Å². The molecule has 1 heterocycles. The van der Waals surface area contributed by atoms with Gasteiger partial charge in [-0.1, -0.05) is 84.4 Å². The van der Waals surface area contributed by atoms with E-state index in [1.807, 2.05) is 72.8 Å². The molecule has 0 atom stereocenters. The van der Waals surface area contributed by atoms with Crippen molar-refractivity contribution in [3.63, 3.8) is 0 Å². The normalized spacial score (nSPS) is 11.0. The van der Waals surface area contributed by atoms with Gasteiger partial charge in [0.15, 0.2) is 0 Å². The Labute approximate surface area is 209 Å². The number of amides is 1. The summed E-state index contributed by atoms with van der Waals surface area (Å²) >= 11 is 5.90. The highest BCUT2D eigenvalue weighted by Crippen LogP contribution is 2.32. The van der Waals surface area contributed by atoms with E-state index < -0.39 is 0 Å². The smallest absolute Gasteiger partial charge is 0.271 e. The molecule has 5 aromatic rings. The van der Waals surface area contributed by atoms with Crippen molar-refractivity contribution in [2.45, 2.75) is 0 Å². The first kappa shape index (κ1) is 22.4. The van der Waals surface area contributed by atoms with Crippen LogP contribution in [0.25, 0.3) is 28.2 Å². The van der Waals surface area contributed by atoms with Crippen LogP contribution in [0.2, 0.25) is 5.02 Å². The molecule has 0 fully saturated rings. The van der Waals surface area contributed by atoms with Crippen molar-refractivity contribution >= 4 is 23.7 Å². The van der Waals surface area contributed by atoms with Crippen LogP contribution in [0.15, 0.2) is 126 Å². The van der Waals surface area contributed by atoms with Crippen LogP contribution < -0.4 is 5.43 Å². The first-order chi connectivity index (χ1) is 17.2. The van der Waals surface area contributed by atoms with Crippen LogP contribution in [0.1, 0.15) is 15.9 Å². The number of carbonyl (C=O) groups excluding carboxylic acids is 1. The largest absolute Gasteiger partial charge is 0.309 e. The third kappa shape index (κ3) is 5.08. The Balaban J connectivity index is 1.43. The molecule has 0 unspecified atom stereocenters. The van der Waals surface area contributed by atoms with Crippen LogP contribution in [-0.2, 0) is 0 Å². The van der Waals surface area contributed by atoms with E-state index in [-0.39, 0.29) is 5.91 Å². The van der Waals surface area contributed by atoms with Crippen molar-refractivity contribution in [3.8, 4) is 28.2 Å². The monoisotopic (exact) mass is 475 g/mol. The summed E-state index contributed by atoms with van der Waals surface area (Å²) in [5, 5.41) is 4.71. The molecule has 1 amide bonds. The number of benzene rings is 4. The number of hydrazone groups is 1. The number of rotatable bonds is 6. The zero-order valence-corrected chi connectivity index (χ0v) is 19.6. The van der Waals surface area contributed by atoms with Gasteiger partial charge < -0.3 is 4.57 Å². The summed E-state index contributed by atoms with van der Waals surface area (Å²) in [6, 6.07) is 39.6. The second kappa shape index (κ2) is 10.2. The molecule has 0 aliphatic carbocycles. The van der Waals surface area contributed by atoms with E-state index in [2.05, 4.69) is 51.5 Å². The van der Waals surface area contributed by atoms with Crippen LogP contribution in [0.4, 0.5) is 0 Å². The minimum Gasteiger partial charge on any atom is -0.309 e. The maximum Gasteiger partial charge on any atom is 0.271 e. The lowest BCUT2D eigenvalue weighted by molar-refractivity contribution is 0.0955. The Kier molecular flexibility index (Phi) is 6.55. The van der Waals surface area contributed by atoms with Gasteiger partial charge in [-0.25, -0.2) is 5.43 Å². The highest BCUT2D eigenvalue weighted by atomic mass is 35.5. The van der Waals surface area contributed by atoms with Crippen molar-refractivity contribution in [1.29, 1.82) is 0 Å². The molecule has 35 heavy (non-hydrogen) atoms. The first-order valence-electron chi connectivity index (χ1n) is 11.2. The van der Waals surface area contributed by atoms with Crippen molar-refractivity contribution in [2.75, 3.05) is 0 Å². The molecule has 4 nitrogen and oxygen atoms in total. The molecule has 0 radical (unpaired) electrons. The van der Waals surface area contributed by atoms with Gasteiger partial charge in [0.1, 0.15) is 0 Å². The Morgan fingerprint density at radius 2 is 1.23 bits per heavy atom. The third-order valence-corrected chi connectivity index (χ3v) is 5.91. The fraction of sp³-hybridized carbons (Fsp3) is 0. The van der Waals surface area contributed by atoms with E-state index >= 15 is 0 Å². The standard InChI is InChI=1S/C30H22ClN3O/c31-26-15-11-22(12-16-26)21-32-33-30(35)25-13-17-27(18-14-25)34-28(23-7-3-1-4-8-23)19-20-29(34)24-9-5-2-6-10-24/h1-21H,(H,33,35)/b32-21+. The Hall–Kier alpha value is -4.41. The van der Waals surface area contributed by atoms with E-state index in [1.165, 1.54) is 0 Å². The lowest BCUT2D eigenvalue weighted by Gasteiger charge is -2.15. The van der Waals surface area contributed by atoms with Crippen LogP contribution in [-0.4, -0.2) is 16.7 Å². The number of carbonyl (C=O) groups is 1. The zero-order valence-electron chi connectivity index (χ0n) is 18.8. The van der Waals surface area contributed by atoms with Crippen LogP contribution >= 0.6 is 11.6 Å². The van der Waals surface area contributed by atoms with Crippen molar-refractivity contribution in [3.05, 3.63) is 137 Å². The maximum atomic E-state index is 12.6. The number of aromatic nitrogens is 1. The molecule has 0 aliphatic rings. The summed E-state index contributed by atoms with van der Waals surface area (Å²) in [7, 11) is 0. The summed E-state index contributed by atoms with van der Waals surface area (Å²) in [4.78, 5) is 12.6. The predicted molar refractivity (Wildman–Crippen MR) is 143 cm³/mol. The maximum absolute atomic E-state index is 12.6. The lowest BCUT2D eigenvalue weighted by Crippen LogP contribution is -2.17. The average Bonchev–Trinajstić information content (AvgIpc) is 3.36. The minimum absolute atomic E-state index is 0.277. The SMILES string of the molecule is O=C(N/N=C/c1ccc(Cl)cc1)c1ccc(-n2c(-c3ccccc3)ccc2-c2ccccc2)cc1. The molecule has 0 saturated heterocycles. The molecule has 1 N–H and O–H groups in total. The first-order valence-corrected chi connectivity index (χ1v) is 11.6. The molecule has 0 saturated carbocycles. The molecule has 4 aromatic carbocycles. The Morgan fingerprint density at radius 1 is 0.686 bits per heavy atom. The van der Waals surface area contributed by atoms with Crippen molar-refractivity contribution in [1.82, 2.24) is 9.99 Å². The molecular formula is C30H22ClN3O. The summed E-state index contributed by atoms with van der Waals surface area (Å²) < 4.78 is 2.21. The highest BCUT2D eigenvalue weighted by molar-refractivity contribution is 6.30. The topological polar surface area (TPSA) is 46.4 Å². The molecule has 5 heteroatoms. The molecule has 0 spiro atoms. The molecule has 1 aromatic heterocycles. The van der Waals surface area contributed by atoms with Gasteiger partial charge >= 0.3 is 0 Å². The van der Waals surface area contributed by atoms with Crippen molar-refractivity contribution in [2.24, 2.45) is 5.10 Å². The van der Waals surface area contributed by atoms with E-state index in [4.69, 9.17) is 11.6 Å². The summed E-state index contributed by atoms with van der Waals surface area (Å²) in [5.74, 6) is -0.277. The van der Waals surface area contributed by atoms with Gasteiger partial charge in [0.05, 0.1) is 17.6 Å². The van der Waals surface area contributed by atoms with Gasteiger partial charge in [-0.2, -0.15) is 5.10 Å². The summed E-state index contributed by atoms with van der Waals surface area (Å²) in [5.41, 5.74) is 9.31. The van der Waals surface area contributed by atoms with Gasteiger partial charge in [-0.15, -0.1) is 0 Å². The van der Waals surface area contributed by atoms with Crippen LogP contribution in [0.5, 0.6) is 0 Å². The number of halogens is 1. The van der Waals surface area contributed by atoms with Crippen molar-refractivity contribution < 1.29 is 4.79 Å². The molecular weight excluding hydrogens is 454 g/mol. The number of hydrogen-bond donors (Lipinski definition) is 1.